The van der Waals surface area contributed by atoms with Crippen molar-refractivity contribution in [3.8, 4) is 0 Å². The Morgan fingerprint density at radius 2 is 1.72 bits per heavy atom. The zero-order valence-corrected chi connectivity index (χ0v) is 17.0. The van der Waals surface area contributed by atoms with Gasteiger partial charge in [0, 0.05) is 32.8 Å². The molecule has 2 aliphatic heterocycles. The molecule has 2 aromatic rings. The lowest BCUT2D eigenvalue weighted by atomic mass is 9.92. The quantitative estimate of drug-likeness (QED) is 0.807. The number of benzene rings is 2. The molecule has 0 bridgehead atoms. The average Bonchev–Trinajstić information content (AvgIpc) is 2.74. The van der Waals surface area contributed by atoms with E-state index in [9.17, 15) is 9.59 Å². The molecule has 0 spiro atoms. The van der Waals surface area contributed by atoms with Crippen LogP contribution in [0.1, 0.15) is 42.1 Å². The first kappa shape index (κ1) is 19.4. The highest BCUT2D eigenvalue weighted by Crippen LogP contribution is 2.35. The van der Waals surface area contributed by atoms with Crippen molar-refractivity contribution < 1.29 is 9.59 Å². The number of nitrogens with zero attached hydrogens (tertiary/aromatic N) is 3. The van der Waals surface area contributed by atoms with Crippen molar-refractivity contribution in [2.45, 2.75) is 25.4 Å². The summed E-state index contributed by atoms with van der Waals surface area (Å²) >= 11 is 0. The van der Waals surface area contributed by atoms with Gasteiger partial charge in [-0.05, 0) is 29.8 Å². The topological polar surface area (TPSA) is 43.9 Å². The van der Waals surface area contributed by atoms with E-state index < -0.39 is 0 Å². The van der Waals surface area contributed by atoms with Crippen molar-refractivity contribution in [1.82, 2.24) is 14.7 Å². The Morgan fingerprint density at radius 3 is 2.48 bits per heavy atom. The van der Waals surface area contributed by atoms with Crippen LogP contribution in [0.4, 0.5) is 0 Å². The summed E-state index contributed by atoms with van der Waals surface area (Å²) in [5, 5.41) is 0. The van der Waals surface area contributed by atoms with E-state index in [0.29, 0.717) is 6.54 Å². The molecule has 4 rings (SSSR count). The monoisotopic (exact) mass is 389 g/mol. The van der Waals surface area contributed by atoms with Crippen molar-refractivity contribution in [1.29, 1.82) is 0 Å². The minimum absolute atomic E-state index is 0.0302. The Hall–Kier alpha value is -2.92. The third-order valence-corrected chi connectivity index (χ3v) is 5.93. The van der Waals surface area contributed by atoms with Gasteiger partial charge in [0.05, 0.1) is 18.5 Å². The summed E-state index contributed by atoms with van der Waals surface area (Å²) in [6, 6.07) is 18.0. The van der Waals surface area contributed by atoms with Gasteiger partial charge in [0.2, 0.25) is 11.8 Å². The van der Waals surface area contributed by atoms with Crippen molar-refractivity contribution in [2.75, 3.05) is 26.7 Å². The Kier molecular flexibility index (Phi) is 5.49. The van der Waals surface area contributed by atoms with Crippen LogP contribution in [0, 0.1) is 0 Å². The van der Waals surface area contributed by atoms with Gasteiger partial charge in [-0.25, -0.2) is 0 Å². The molecule has 2 atom stereocenters. The highest BCUT2D eigenvalue weighted by Gasteiger charge is 2.34. The lowest BCUT2D eigenvalue weighted by Crippen LogP contribution is -2.50. The molecular formula is C24H27N3O2. The van der Waals surface area contributed by atoms with Crippen LogP contribution in [0.5, 0.6) is 0 Å². The Bertz CT molecular complexity index is 925. The van der Waals surface area contributed by atoms with Crippen LogP contribution < -0.4 is 0 Å². The fourth-order valence-electron chi connectivity index (χ4n) is 4.37. The summed E-state index contributed by atoms with van der Waals surface area (Å²) in [6.07, 6.45) is 4.04. The number of amides is 2. The zero-order chi connectivity index (χ0) is 20.4. The van der Waals surface area contributed by atoms with Gasteiger partial charge in [0.1, 0.15) is 0 Å². The maximum absolute atomic E-state index is 13.5. The van der Waals surface area contributed by atoms with Gasteiger partial charge in [-0.1, -0.05) is 54.6 Å². The lowest BCUT2D eigenvalue weighted by Gasteiger charge is -2.42. The number of hydrogen-bond donors (Lipinski definition) is 0. The summed E-state index contributed by atoms with van der Waals surface area (Å²) in [5.41, 5.74) is 3.25. The first-order valence-electron chi connectivity index (χ1n) is 10.1. The molecule has 5 heteroatoms. The first-order valence-corrected chi connectivity index (χ1v) is 10.1. The van der Waals surface area contributed by atoms with E-state index in [1.54, 1.807) is 18.0 Å². The van der Waals surface area contributed by atoms with Crippen molar-refractivity contribution in [3.63, 3.8) is 0 Å². The molecular weight excluding hydrogens is 362 g/mol. The highest BCUT2D eigenvalue weighted by molar-refractivity contribution is 5.82. The molecule has 2 amide bonds. The van der Waals surface area contributed by atoms with Crippen LogP contribution in [0.15, 0.2) is 60.8 Å². The molecule has 2 unspecified atom stereocenters. The normalized spacial score (nSPS) is 21.7. The third-order valence-electron chi connectivity index (χ3n) is 5.93. The van der Waals surface area contributed by atoms with E-state index in [1.807, 2.05) is 53.4 Å². The second kappa shape index (κ2) is 8.21. The first-order chi connectivity index (χ1) is 14.0. The van der Waals surface area contributed by atoms with Gasteiger partial charge in [0.25, 0.3) is 0 Å². The molecule has 150 valence electrons. The summed E-state index contributed by atoms with van der Waals surface area (Å²) < 4.78 is 0. The van der Waals surface area contributed by atoms with E-state index in [2.05, 4.69) is 24.1 Å². The summed E-state index contributed by atoms with van der Waals surface area (Å²) in [7, 11) is 2.09. The molecule has 0 saturated carbocycles. The molecule has 0 aromatic heterocycles. The number of rotatable bonds is 3. The minimum atomic E-state index is -0.266. The van der Waals surface area contributed by atoms with Gasteiger partial charge in [-0.2, -0.15) is 0 Å². The van der Waals surface area contributed by atoms with Gasteiger partial charge in [-0.15, -0.1) is 0 Å². The van der Waals surface area contributed by atoms with Crippen LogP contribution in [0.2, 0.25) is 0 Å². The second-order valence-corrected chi connectivity index (χ2v) is 7.87. The number of likely N-dealkylation sites (N-methyl/N-ethyl adjacent to an activating group) is 1. The van der Waals surface area contributed by atoms with E-state index in [1.165, 1.54) is 0 Å². The SMILES string of the molecule is CC(=O)N1C=Cc2ccccc2C1CC(=O)N1CCN(C)CC1c1ccccc1. The molecule has 5 nitrogen and oxygen atoms in total. The van der Waals surface area contributed by atoms with Crippen LogP contribution in [0.25, 0.3) is 6.08 Å². The van der Waals surface area contributed by atoms with E-state index in [0.717, 1.165) is 29.8 Å². The molecule has 0 N–H and O–H groups in total. The van der Waals surface area contributed by atoms with Gasteiger partial charge < -0.3 is 14.7 Å². The largest absolute Gasteiger partial charge is 0.333 e. The highest BCUT2D eigenvalue weighted by atomic mass is 16.2. The summed E-state index contributed by atoms with van der Waals surface area (Å²) in [5.74, 6) is 0.0415. The molecule has 0 aliphatic carbocycles. The van der Waals surface area contributed by atoms with E-state index in [-0.39, 0.29) is 30.3 Å². The number of carbonyl (C=O) groups is 2. The molecule has 2 heterocycles. The van der Waals surface area contributed by atoms with Crippen LogP contribution in [-0.2, 0) is 9.59 Å². The lowest BCUT2D eigenvalue weighted by molar-refractivity contribution is -0.138. The molecule has 2 aliphatic rings. The standard InChI is InChI=1S/C24H27N3O2/c1-18(28)26-13-12-19-8-6-7-11-21(19)22(26)16-24(29)27-15-14-25(2)17-23(27)20-9-4-3-5-10-20/h3-13,22-23H,14-17H2,1-2H3. The van der Waals surface area contributed by atoms with Gasteiger partial charge in [-0.3, -0.25) is 9.59 Å². The third kappa shape index (κ3) is 3.96. The fraction of sp³-hybridized carbons (Fsp3) is 0.333. The van der Waals surface area contributed by atoms with Crippen molar-refractivity contribution in [2.24, 2.45) is 0 Å². The van der Waals surface area contributed by atoms with Gasteiger partial charge >= 0.3 is 0 Å². The Labute approximate surface area is 172 Å². The summed E-state index contributed by atoms with van der Waals surface area (Å²) in [4.78, 5) is 31.7. The van der Waals surface area contributed by atoms with Gasteiger partial charge in [0.15, 0.2) is 0 Å². The molecule has 29 heavy (non-hydrogen) atoms. The van der Waals surface area contributed by atoms with Crippen molar-refractivity contribution >= 4 is 17.9 Å². The van der Waals surface area contributed by atoms with Crippen molar-refractivity contribution in [3.05, 3.63) is 77.5 Å². The van der Waals surface area contributed by atoms with Crippen LogP contribution in [-0.4, -0.2) is 53.2 Å². The number of carbonyl (C=O) groups excluding carboxylic acids is 2. The number of fused-ring (bicyclic) bond motifs is 1. The Morgan fingerprint density at radius 1 is 1.00 bits per heavy atom. The molecule has 1 saturated heterocycles. The second-order valence-electron chi connectivity index (χ2n) is 7.87. The average molecular weight is 389 g/mol. The predicted octanol–water partition coefficient (Wildman–Crippen LogP) is 3.47. The molecule has 0 radical (unpaired) electrons. The molecule has 1 fully saturated rings. The van der Waals surface area contributed by atoms with E-state index in [4.69, 9.17) is 0 Å². The fourth-order valence-corrected chi connectivity index (χ4v) is 4.37. The smallest absolute Gasteiger partial charge is 0.225 e. The maximum atomic E-state index is 13.5. The van der Waals surface area contributed by atoms with Crippen LogP contribution in [0.3, 0.4) is 0 Å². The maximum Gasteiger partial charge on any atom is 0.225 e. The Balaban J connectivity index is 1.61. The predicted molar refractivity (Wildman–Crippen MR) is 114 cm³/mol. The van der Waals surface area contributed by atoms with E-state index >= 15 is 0 Å². The number of piperazine rings is 1. The molecule has 2 aromatic carbocycles. The van der Waals surface area contributed by atoms with Crippen LogP contribution >= 0.6 is 0 Å². The number of hydrogen-bond acceptors (Lipinski definition) is 3. The summed E-state index contributed by atoms with van der Waals surface area (Å²) in [6.45, 7) is 3.91. The minimum Gasteiger partial charge on any atom is -0.333 e. The zero-order valence-electron chi connectivity index (χ0n) is 17.0.